The highest BCUT2D eigenvalue weighted by atomic mass is 79.9. The summed E-state index contributed by atoms with van der Waals surface area (Å²) < 4.78 is 6.54. The van der Waals surface area contributed by atoms with Crippen LogP contribution in [0.25, 0.3) is 0 Å². The van der Waals surface area contributed by atoms with Gasteiger partial charge >= 0.3 is 0 Å². The summed E-state index contributed by atoms with van der Waals surface area (Å²) in [5, 5.41) is 12.8. The van der Waals surface area contributed by atoms with E-state index in [-0.39, 0.29) is 5.92 Å². The molecule has 0 saturated carbocycles. The molecule has 2 aromatic rings. The summed E-state index contributed by atoms with van der Waals surface area (Å²) in [7, 11) is 0. The number of ether oxygens (including phenoxy) is 1. The second-order valence-electron chi connectivity index (χ2n) is 7.55. The molecule has 0 aromatic heterocycles. The molecule has 0 unspecified atom stereocenters. The Labute approximate surface area is 181 Å². The molecule has 0 bridgehead atoms. The van der Waals surface area contributed by atoms with Crippen molar-refractivity contribution in [3.8, 4) is 0 Å². The molecule has 28 heavy (non-hydrogen) atoms. The molecule has 1 heterocycles. The van der Waals surface area contributed by atoms with Crippen LogP contribution in [0.3, 0.4) is 0 Å². The van der Waals surface area contributed by atoms with Gasteiger partial charge in [-0.1, -0.05) is 71.6 Å². The fraction of sp³-hybridized carbons (Fsp3) is 0.478. The number of benzene rings is 2. The maximum absolute atomic E-state index is 12.1. The lowest BCUT2D eigenvalue weighted by molar-refractivity contribution is -0.0293. The average molecular weight is 467 g/mol. The lowest BCUT2D eigenvalue weighted by Gasteiger charge is -2.41. The second kappa shape index (κ2) is 10.2. The third-order valence-corrected chi connectivity index (χ3v) is 6.43. The Morgan fingerprint density at radius 2 is 1.75 bits per heavy atom. The van der Waals surface area contributed by atoms with Crippen molar-refractivity contribution >= 4 is 27.5 Å². The first kappa shape index (κ1) is 21.8. The van der Waals surface area contributed by atoms with E-state index < -0.39 is 5.60 Å². The molecule has 0 spiro atoms. The van der Waals surface area contributed by atoms with Crippen molar-refractivity contribution in [1.82, 2.24) is 4.90 Å². The van der Waals surface area contributed by atoms with E-state index in [1.807, 2.05) is 36.4 Å². The van der Waals surface area contributed by atoms with Gasteiger partial charge in [0.25, 0.3) is 0 Å². The first-order valence-corrected chi connectivity index (χ1v) is 11.2. The van der Waals surface area contributed by atoms with Gasteiger partial charge in [0.15, 0.2) is 0 Å². The number of aliphatic hydroxyl groups is 1. The van der Waals surface area contributed by atoms with Crippen LogP contribution in [-0.2, 0) is 10.3 Å². The fourth-order valence-corrected chi connectivity index (χ4v) is 4.36. The molecule has 0 amide bonds. The van der Waals surface area contributed by atoms with Crippen molar-refractivity contribution in [3.05, 3.63) is 69.2 Å². The molecule has 1 N–H and O–H groups in total. The second-order valence-corrected chi connectivity index (χ2v) is 8.90. The van der Waals surface area contributed by atoms with E-state index in [0.29, 0.717) is 0 Å². The number of rotatable bonds is 8. The van der Waals surface area contributed by atoms with E-state index in [0.717, 1.165) is 72.7 Å². The first-order valence-electron chi connectivity index (χ1n) is 10.1. The van der Waals surface area contributed by atoms with Crippen LogP contribution < -0.4 is 0 Å². The monoisotopic (exact) mass is 465 g/mol. The van der Waals surface area contributed by atoms with Crippen LogP contribution in [0.15, 0.2) is 53.0 Å². The summed E-state index contributed by atoms with van der Waals surface area (Å²) in [4.78, 5) is 2.40. The van der Waals surface area contributed by atoms with Crippen molar-refractivity contribution in [2.75, 3.05) is 32.8 Å². The van der Waals surface area contributed by atoms with Crippen LogP contribution in [0.1, 0.15) is 43.2 Å². The van der Waals surface area contributed by atoms with Crippen LogP contribution in [0.2, 0.25) is 5.02 Å². The summed E-state index contributed by atoms with van der Waals surface area (Å²) in [6.07, 6.45) is 2.74. The molecule has 152 valence electrons. The van der Waals surface area contributed by atoms with Crippen molar-refractivity contribution < 1.29 is 9.84 Å². The highest BCUT2D eigenvalue weighted by molar-refractivity contribution is 9.10. The molecule has 1 aliphatic heterocycles. The van der Waals surface area contributed by atoms with Gasteiger partial charge in [-0.25, -0.2) is 0 Å². The SMILES string of the molecule is CCCC[C@](O)(c1ccc(Br)cc1)[C@H](CN1CCOCC1)c1ccc(Cl)cc1. The lowest BCUT2D eigenvalue weighted by Crippen LogP contribution is -2.45. The van der Waals surface area contributed by atoms with Crippen LogP contribution in [0, 0.1) is 0 Å². The van der Waals surface area contributed by atoms with Crippen molar-refractivity contribution in [2.24, 2.45) is 0 Å². The zero-order valence-electron chi connectivity index (χ0n) is 16.4. The Morgan fingerprint density at radius 3 is 2.36 bits per heavy atom. The molecule has 2 aromatic carbocycles. The number of halogens is 2. The summed E-state index contributed by atoms with van der Waals surface area (Å²) in [5.41, 5.74) is 1.15. The molecule has 1 saturated heterocycles. The first-order chi connectivity index (χ1) is 13.5. The van der Waals surface area contributed by atoms with Gasteiger partial charge in [-0.2, -0.15) is 0 Å². The van der Waals surface area contributed by atoms with Crippen LogP contribution in [0.5, 0.6) is 0 Å². The quantitative estimate of drug-likeness (QED) is 0.550. The summed E-state index contributed by atoms with van der Waals surface area (Å²) in [5.74, 6) is -0.0457. The Hall–Kier alpha value is -0.910. The molecule has 5 heteroatoms. The topological polar surface area (TPSA) is 32.7 Å². The number of hydrogen-bond acceptors (Lipinski definition) is 3. The lowest BCUT2D eigenvalue weighted by atomic mass is 9.74. The minimum absolute atomic E-state index is 0.0457. The Balaban J connectivity index is 2.00. The summed E-state index contributed by atoms with van der Waals surface area (Å²) in [6.45, 7) is 6.25. The predicted molar refractivity (Wildman–Crippen MR) is 119 cm³/mol. The third-order valence-electron chi connectivity index (χ3n) is 5.65. The van der Waals surface area contributed by atoms with E-state index in [1.54, 1.807) is 0 Å². The molecule has 0 radical (unpaired) electrons. The maximum Gasteiger partial charge on any atom is 0.0977 e. The Morgan fingerprint density at radius 1 is 1.11 bits per heavy atom. The molecule has 3 rings (SSSR count). The molecule has 3 nitrogen and oxygen atoms in total. The number of morpholine rings is 1. The van der Waals surface area contributed by atoms with Gasteiger partial charge in [-0.05, 0) is 41.8 Å². The van der Waals surface area contributed by atoms with Gasteiger partial charge in [0.05, 0.1) is 18.8 Å². The van der Waals surface area contributed by atoms with Crippen molar-refractivity contribution in [2.45, 2.75) is 37.7 Å². The van der Waals surface area contributed by atoms with Gasteiger partial charge in [0, 0.05) is 35.0 Å². The normalized spacial score (nSPS) is 18.6. The minimum Gasteiger partial charge on any atom is -0.384 e. The number of nitrogens with zero attached hydrogens (tertiary/aromatic N) is 1. The fourth-order valence-electron chi connectivity index (χ4n) is 3.97. The van der Waals surface area contributed by atoms with E-state index in [4.69, 9.17) is 16.3 Å². The molecule has 1 fully saturated rings. The molecule has 1 aliphatic rings. The van der Waals surface area contributed by atoms with Gasteiger partial charge in [-0.15, -0.1) is 0 Å². The van der Waals surface area contributed by atoms with Crippen molar-refractivity contribution in [1.29, 1.82) is 0 Å². The van der Waals surface area contributed by atoms with Gasteiger partial charge in [-0.3, -0.25) is 4.90 Å². The molecular formula is C23H29BrClNO2. The average Bonchev–Trinajstić information content (AvgIpc) is 2.72. The zero-order chi connectivity index (χ0) is 20.0. The standard InChI is InChI=1S/C23H29BrClNO2/c1-2-3-12-23(27,19-6-8-20(24)9-7-19)22(17-26-13-15-28-16-14-26)18-4-10-21(25)11-5-18/h4-11,22,27H,2-3,12-17H2,1H3/t22-,23+/m1/s1. The maximum atomic E-state index is 12.1. The van der Waals surface area contributed by atoms with Crippen molar-refractivity contribution in [3.63, 3.8) is 0 Å². The Bertz CT molecular complexity index is 731. The number of unbranched alkanes of at least 4 members (excludes halogenated alkanes) is 1. The van der Waals surface area contributed by atoms with E-state index in [2.05, 4.69) is 39.9 Å². The van der Waals surface area contributed by atoms with Crippen LogP contribution >= 0.6 is 27.5 Å². The predicted octanol–water partition coefficient (Wildman–Crippen LogP) is 5.60. The highest BCUT2D eigenvalue weighted by Crippen LogP contribution is 2.42. The summed E-state index contributed by atoms with van der Waals surface area (Å²) in [6, 6.07) is 16.1. The Kier molecular flexibility index (Phi) is 7.95. The van der Waals surface area contributed by atoms with Crippen LogP contribution in [-0.4, -0.2) is 42.9 Å². The van der Waals surface area contributed by atoms with Gasteiger partial charge in [0.2, 0.25) is 0 Å². The smallest absolute Gasteiger partial charge is 0.0977 e. The van der Waals surface area contributed by atoms with Gasteiger partial charge < -0.3 is 9.84 Å². The number of hydrogen-bond donors (Lipinski definition) is 1. The third kappa shape index (κ3) is 5.37. The summed E-state index contributed by atoms with van der Waals surface area (Å²) >= 11 is 9.66. The minimum atomic E-state index is -0.942. The zero-order valence-corrected chi connectivity index (χ0v) is 18.8. The van der Waals surface area contributed by atoms with E-state index in [9.17, 15) is 5.11 Å². The van der Waals surface area contributed by atoms with Gasteiger partial charge in [0.1, 0.15) is 0 Å². The van der Waals surface area contributed by atoms with Crippen LogP contribution in [0.4, 0.5) is 0 Å². The molecule has 2 atom stereocenters. The van der Waals surface area contributed by atoms with E-state index in [1.165, 1.54) is 0 Å². The highest BCUT2D eigenvalue weighted by Gasteiger charge is 2.40. The largest absolute Gasteiger partial charge is 0.384 e. The molecule has 0 aliphatic carbocycles. The molecular weight excluding hydrogens is 438 g/mol. The van der Waals surface area contributed by atoms with E-state index >= 15 is 0 Å².